The molecule has 9 rings (SSSR count). The van der Waals surface area contributed by atoms with Gasteiger partial charge in [0.05, 0.1) is 35.3 Å². The van der Waals surface area contributed by atoms with Crippen molar-refractivity contribution in [2.45, 2.75) is 37.3 Å². The average molecular weight is 676 g/mol. The second kappa shape index (κ2) is 11.3. The standard InChI is InChI=1S/C41H33N5O5/c1-25-16-18-27(19-17-25)42-45-37(48)33-24-34-32(22-23-43-39(50)44(40(51)46(34)43)28-12-6-3-7-13-28)36(41(33,38(45)49)26-10-4-2-5-11-26)31-20-21-35(47)30-15-9-8-14-29(30)31/h2-22,33-34,36,42,47H,23-24H2,1H3. The Kier molecular flexibility index (Phi) is 6.79. The van der Waals surface area contributed by atoms with Gasteiger partial charge in [0.15, 0.2) is 0 Å². The molecular formula is C41H33N5O5. The molecule has 4 unspecified atom stereocenters. The first-order chi connectivity index (χ1) is 24.8. The van der Waals surface area contributed by atoms with E-state index in [1.54, 1.807) is 30.3 Å². The fourth-order valence-electron chi connectivity index (χ4n) is 8.71. The van der Waals surface area contributed by atoms with Gasteiger partial charge in [0.2, 0.25) is 0 Å². The van der Waals surface area contributed by atoms with E-state index in [1.807, 2.05) is 104 Å². The average Bonchev–Trinajstić information content (AvgIpc) is 3.54. The number of fused-ring (bicyclic) bond motifs is 5. The van der Waals surface area contributed by atoms with E-state index in [4.69, 9.17) is 0 Å². The highest BCUT2D eigenvalue weighted by atomic mass is 16.3. The van der Waals surface area contributed by atoms with E-state index >= 15 is 4.79 Å². The summed E-state index contributed by atoms with van der Waals surface area (Å²) in [5.74, 6) is -2.44. The number of rotatable bonds is 5. The maximum Gasteiger partial charge on any atom is 0.352 e. The third-order valence-corrected chi connectivity index (χ3v) is 10.9. The summed E-state index contributed by atoms with van der Waals surface area (Å²) in [6, 6.07) is 35.8. The Hall–Kier alpha value is -6.42. The van der Waals surface area contributed by atoms with Crippen molar-refractivity contribution in [2.24, 2.45) is 5.92 Å². The molecule has 1 saturated heterocycles. The van der Waals surface area contributed by atoms with Crippen molar-refractivity contribution in [1.29, 1.82) is 0 Å². The first-order valence-electron chi connectivity index (χ1n) is 17.0. The van der Waals surface area contributed by atoms with Crippen LogP contribution in [-0.2, 0) is 21.5 Å². The minimum atomic E-state index is -1.44. The van der Waals surface area contributed by atoms with Crippen LogP contribution in [0.4, 0.5) is 5.69 Å². The van der Waals surface area contributed by atoms with E-state index in [9.17, 15) is 19.5 Å². The molecule has 2 N–H and O–H groups in total. The van der Waals surface area contributed by atoms with Crippen molar-refractivity contribution < 1.29 is 14.7 Å². The van der Waals surface area contributed by atoms with Crippen LogP contribution in [0.5, 0.6) is 5.75 Å². The van der Waals surface area contributed by atoms with Crippen LogP contribution in [0.3, 0.4) is 0 Å². The van der Waals surface area contributed by atoms with Gasteiger partial charge in [-0.2, -0.15) is 5.01 Å². The summed E-state index contributed by atoms with van der Waals surface area (Å²) in [7, 11) is 0. The number of hydrazine groups is 1. The van der Waals surface area contributed by atoms with Crippen molar-refractivity contribution in [1.82, 2.24) is 18.9 Å². The molecule has 10 heteroatoms. The Labute approximate surface area is 292 Å². The predicted molar refractivity (Wildman–Crippen MR) is 193 cm³/mol. The quantitative estimate of drug-likeness (QED) is 0.182. The lowest BCUT2D eigenvalue weighted by Gasteiger charge is -2.49. The second-order valence-electron chi connectivity index (χ2n) is 13.5. The second-order valence-corrected chi connectivity index (χ2v) is 13.5. The number of hydrogen-bond acceptors (Lipinski definition) is 6. The number of nitrogens with one attached hydrogen (secondary N) is 1. The molecule has 51 heavy (non-hydrogen) atoms. The Morgan fingerprint density at radius 3 is 2.14 bits per heavy atom. The third-order valence-electron chi connectivity index (χ3n) is 10.9. The van der Waals surface area contributed by atoms with Gasteiger partial charge in [-0.25, -0.2) is 23.5 Å². The van der Waals surface area contributed by atoms with Crippen molar-refractivity contribution in [2.75, 3.05) is 5.43 Å². The Morgan fingerprint density at radius 1 is 0.745 bits per heavy atom. The van der Waals surface area contributed by atoms with Crippen molar-refractivity contribution in [3.8, 4) is 11.4 Å². The SMILES string of the molecule is Cc1ccc(NN2C(=O)C3CC4C(=CCn5c(=O)n(-c6ccccc6)c(=O)n54)C(c4ccc(O)c5ccccc45)C3(c3ccccc3)C2=O)cc1. The lowest BCUT2D eigenvalue weighted by molar-refractivity contribution is -0.138. The number of nitrogens with zero attached hydrogens (tertiary/aromatic N) is 4. The van der Waals surface area contributed by atoms with Crippen LogP contribution in [0, 0.1) is 12.8 Å². The minimum Gasteiger partial charge on any atom is -0.507 e. The normalized spacial score (nSPS) is 22.3. The molecule has 2 amide bonds. The van der Waals surface area contributed by atoms with Crippen LogP contribution < -0.4 is 16.8 Å². The smallest absolute Gasteiger partial charge is 0.352 e. The van der Waals surface area contributed by atoms with Gasteiger partial charge in [0.25, 0.3) is 11.8 Å². The zero-order chi connectivity index (χ0) is 35.0. The largest absolute Gasteiger partial charge is 0.507 e. The van der Waals surface area contributed by atoms with E-state index in [0.29, 0.717) is 22.3 Å². The van der Waals surface area contributed by atoms with Crippen molar-refractivity contribution >= 4 is 28.3 Å². The third kappa shape index (κ3) is 4.29. The molecule has 0 bridgehead atoms. The molecule has 1 aliphatic carbocycles. The van der Waals surface area contributed by atoms with Gasteiger partial charge < -0.3 is 5.11 Å². The van der Waals surface area contributed by atoms with Gasteiger partial charge in [-0.3, -0.25) is 15.0 Å². The van der Waals surface area contributed by atoms with E-state index in [0.717, 1.165) is 31.7 Å². The molecule has 1 saturated carbocycles. The van der Waals surface area contributed by atoms with E-state index < -0.39 is 46.5 Å². The molecule has 252 valence electrons. The topological polar surface area (TPSA) is 119 Å². The molecular weight excluding hydrogens is 642 g/mol. The van der Waals surface area contributed by atoms with E-state index in [1.165, 1.54) is 9.36 Å². The molecule has 2 fully saturated rings. The highest BCUT2D eigenvalue weighted by Crippen LogP contribution is 2.62. The van der Waals surface area contributed by atoms with Crippen molar-refractivity contribution in [3.63, 3.8) is 0 Å². The first-order valence-corrected chi connectivity index (χ1v) is 17.0. The zero-order valence-electron chi connectivity index (χ0n) is 27.6. The van der Waals surface area contributed by atoms with Gasteiger partial charge in [0.1, 0.15) is 5.75 Å². The molecule has 6 aromatic rings. The predicted octanol–water partition coefficient (Wildman–Crippen LogP) is 5.59. The summed E-state index contributed by atoms with van der Waals surface area (Å²) in [6.45, 7) is 2.05. The number of benzene rings is 5. The minimum absolute atomic E-state index is 0.0890. The fraction of sp³-hybridized carbons (Fsp3) is 0.171. The first kappa shape index (κ1) is 30.6. The summed E-state index contributed by atoms with van der Waals surface area (Å²) >= 11 is 0. The number of aromatic nitrogens is 3. The van der Waals surface area contributed by atoms with Crippen LogP contribution in [0.15, 0.2) is 143 Å². The number of phenols is 1. The van der Waals surface area contributed by atoms with Crippen molar-refractivity contribution in [3.05, 3.63) is 171 Å². The van der Waals surface area contributed by atoms with Crippen LogP contribution >= 0.6 is 0 Å². The van der Waals surface area contributed by atoms with E-state index in [2.05, 4.69) is 5.43 Å². The summed E-state index contributed by atoms with van der Waals surface area (Å²) in [5.41, 5.74) is 4.91. The molecule has 3 heterocycles. The van der Waals surface area contributed by atoms with Crippen LogP contribution in [0.1, 0.15) is 35.1 Å². The highest BCUT2D eigenvalue weighted by molar-refractivity contribution is 6.13. The van der Waals surface area contributed by atoms with Gasteiger partial charge in [-0.1, -0.05) is 103 Å². The van der Waals surface area contributed by atoms with Crippen LogP contribution in [-0.4, -0.2) is 35.9 Å². The number of allylic oxidation sites excluding steroid dienone is 2. The number of aryl methyl sites for hydroxylation is 1. The van der Waals surface area contributed by atoms with Crippen LogP contribution in [0.2, 0.25) is 0 Å². The fourth-order valence-corrected chi connectivity index (χ4v) is 8.71. The molecule has 3 aliphatic rings. The lowest BCUT2D eigenvalue weighted by atomic mass is 9.53. The molecule has 0 spiro atoms. The number of amides is 2. The summed E-state index contributed by atoms with van der Waals surface area (Å²) in [6.07, 6.45) is 2.05. The molecule has 0 radical (unpaired) electrons. The zero-order valence-corrected chi connectivity index (χ0v) is 27.6. The number of imide groups is 1. The Balaban J connectivity index is 1.33. The number of aromatic hydroxyl groups is 1. The number of phenolic OH excluding ortho intramolecular Hbond substituents is 1. The molecule has 10 nitrogen and oxygen atoms in total. The monoisotopic (exact) mass is 675 g/mol. The maximum absolute atomic E-state index is 15.4. The lowest BCUT2D eigenvalue weighted by Crippen LogP contribution is -2.53. The summed E-state index contributed by atoms with van der Waals surface area (Å²) < 4.78 is 4.06. The molecule has 5 aromatic carbocycles. The van der Waals surface area contributed by atoms with Gasteiger partial charge in [-0.05, 0) is 65.8 Å². The van der Waals surface area contributed by atoms with Gasteiger partial charge in [0, 0.05) is 11.3 Å². The number of hydrogen-bond donors (Lipinski definition) is 2. The molecule has 1 aromatic heterocycles. The summed E-state index contributed by atoms with van der Waals surface area (Å²) in [4.78, 5) is 58.6. The number of carbonyl (C=O) groups excluding carboxylic acids is 2. The van der Waals surface area contributed by atoms with Crippen LogP contribution in [0.25, 0.3) is 16.5 Å². The maximum atomic E-state index is 15.4. The number of para-hydroxylation sites is 1. The Bertz CT molecular complexity index is 2530. The summed E-state index contributed by atoms with van der Waals surface area (Å²) in [5, 5.41) is 13.4. The van der Waals surface area contributed by atoms with Gasteiger partial charge in [-0.15, -0.1) is 0 Å². The number of anilines is 1. The molecule has 4 atom stereocenters. The molecule has 2 aliphatic heterocycles. The Morgan fingerprint density at radius 2 is 1.41 bits per heavy atom. The highest BCUT2D eigenvalue weighted by Gasteiger charge is 2.69. The number of carbonyl (C=O) groups is 2. The van der Waals surface area contributed by atoms with E-state index in [-0.39, 0.29) is 18.7 Å². The van der Waals surface area contributed by atoms with Gasteiger partial charge >= 0.3 is 11.4 Å².